The average molecular weight is 374 g/mol. The van der Waals surface area contributed by atoms with Crippen molar-refractivity contribution in [3.8, 4) is 22.8 Å². The van der Waals surface area contributed by atoms with Crippen LogP contribution >= 0.6 is 0 Å². The maximum Gasteiger partial charge on any atom is 0.275 e. The predicted molar refractivity (Wildman–Crippen MR) is 106 cm³/mol. The number of nitrogens with zero attached hydrogens (tertiary/aromatic N) is 3. The first-order valence-corrected chi connectivity index (χ1v) is 8.62. The Bertz CT molecular complexity index is 1140. The molecule has 4 rings (SSSR count). The summed E-state index contributed by atoms with van der Waals surface area (Å²) in [4.78, 5) is 21.6. The molecule has 28 heavy (non-hydrogen) atoms. The zero-order chi connectivity index (χ0) is 19.5. The summed E-state index contributed by atoms with van der Waals surface area (Å²) in [5.41, 5.74) is 3.14. The molecule has 0 aliphatic carbocycles. The molecule has 0 fully saturated rings. The van der Waals surface area contributed by atoms with Crippen molar-refractivity contribution in [1.29, 1.82) is 0 Å². The molecule has 2 aromatic heterocycles. The van der Waals surface area contributed by atoms with Gasteiger partial charge in [0.1, 0.15) is 11.4 Å². The van der Waals surface area contributed by atoms with Crippen LogP contribution in [0.3, 0.4) is 0 Å². The molecule has 7 nitrogen and oxygen atoms in total. The number of amides is 1. The molecule has 0 bridgehead atoms. The summed E-state index contributed by atoms with van der Waals surface area (Å²) in [6.45, 7) is 0. The fourth-order valence-corrected chi connectivity index (χ4v) is 2.94. The maximum absolute atomic E-state index is 12.7. The lowest BCUT2D eigenvalue weighted by Crippen LogP contribution is -2.12. The van der Waals surface area contributed by atoms with Crippen molar-refractivity contribution in [1.82, 2.24) is 14.4 Å². The van der Waals surface area contributed by atoms with Gasteiger partial charge in [-0.1, -0.05) is 30.3 Å². The Morgan fingerprint density at radius 3 is 2.57 bits per heavy atom. The highest BCUT2D eigenvalue weighted by Crippen LogP contribution is 2.30. The highest BCUT2D eigenvalue weighted by atomic mass is 16.5. The fraction of sp³-hybridized carbons (Fsp3) is 0.0952. The topological polar surface area (TPSA) is 77.8 Å². The highest BCUT2D eigenvalue weighted by Gasteiger charge is 2.15. The first-order chi connectivity index (χ1) is 13.7. The minimum atomic E-state index is -0.324. The summed E-state index contributed by atoms with van der Waals surface area (Å²) in [6, 6.07) is 14.9. The molecule has 1 amide bonds. The Morgan fingerprint density at radius 1 is 1.04 bits per heavy atom. The number of carbonyl (C=O) groups is 1. The Balaban J connectivity index is 1.65. The van der Waals surface area contributed by atoms with E-state index < -0.39 is 0 Å². The van der Waals surface area contributed by atoms with E-state index in [0.717, 1.165) is 5.56 Å². The third-order valence-corrected chi connectivity index (χ3v) is 4.30. The van der Waals surface area contributed by atoms with E-state index in [1.165, 1.54) is 0 Å². The lowest BCUT2D eigenvalue weighted by molar-refractivity contribution is 0.102. The molecule has 0 spiro atoms. The van der Waals surface area contributed by atoms with E-state index in [-0.39, 0.29) is 5.91 Å². The zero-order valence-corrected chi connectivity index (χ0v) is 15.4. The van der Waals surface area contributed by atoms with Crippen molar-refractivity contribution in [2.24, 2.45) is 0 Å². The molecule has 140 valence electrons. The van der Waals surface area contributed by atoms with Gasteiger partial charge >= 0.3 is 0 Å². The van der Waals surface area contributed by atoms with Crippen LogP contribution in [0.2, 0.25) is 0 Å². The first-order valence-electron chi connectivity index (χ1n) is 8.62. The second-order valence-corrected chi connectivity index (χ2v) is 6.02. The number of fused-ring (bicyclic) bond motifs is 1. The Hall–Kier alpha value is -3.87. The van der Waals surface area contributed by atoms with Gasteiger partial charge < -0.3 is 19.2 Å². The van der Waals surface area contributed by atoms with Gasteiger partial charge in [0.25, 0.3) is 5.91 Å². The minimum absolute atomic E-state index is 0.292. The second kappa shape index (κ2) is 7.40. The number of anilines is 1. The van der Waals surface area contributed by atoms with Gasteiger partial charge in [-0.25, -0.2) is 4.98 Å². The van der Waals surface area contributed by atoms with Crippen molar-refractivity contribution in [2.75, 3.05) is 19.5 Å². The van der Waals surface area contributed by atoms with E-state index in [2.05, 4.69) is 15.3 Å². The quantitative estimate of drug-likeness (QED) is 0.577. The monoisotopic (exact) mass is 374 g/mol. The summed E-state index contributed by atoms with van der Waals surface area (Å²) < 4.78 is 12.3. The number of ether oxygens (including phenoxy) is 2. The molecular weight excluding hydrogens is 356 g/mol. The molecule has 0 aliphatic heterocycles. The number of imidazole rings is 1. The van der Waals surface area contributed by atoms with Crippen LogP contribution in [0.4, 0.5) is 5.69 Å². The third kappa shape index (κ3) is 3.25. The summed E-state index contributed by atoms with van der Waals surface area (Å²) in [5, 5.41) is 2.83. The van der Waals surface area contributed by atoms with Crippen molar-refractivity contribution in [3.05, 3.63) is 72.8 Å². The summed E-state index contributed by atoms with van der Waals surface area (Å²) >= 11 is 0. The number of hydrogen-bond donors (Lipinski definition) is 1. The Labute approximate surface area is 161 Å². The van der Waals surface area contributed by atoms with Crippen LogP contribution in [0.5, 0.6) is 11.5 Å². The third-order valence-electron chi connectivity index (χ3n) is 4.30. The average Bonchev–Trinajstić information content (AvgIpc) is 3.19. The van der Waals surface area contributed by atoms with E-state index in [1.54, 1.807) is 55.4 Å². The largest absolute Gasteiger partial charge is 0.493 e. The van der Waals surface area contributed by atoms with Crippen LogP contribution in [-0.4, -0.2) is 34.5 Å². The van der Waals surface area contributed by atoms with Crippen molar-refractivity contribution in [3.63, 3.8) is 0 Å². The van der Waals surface area contributed by atoms with Gasteiger partial charge in [-0.15, -0.1) is 0 Å². The summed E-state index contributed by atoms with van der Waals surface area (Å²) in [6.07, 6.45) is 5.13. The molecule has 0 saturated carbocycles. The Morgan fingerprint density at radius 2 is 1.82 bits per heavy atom. The number of methoxy groups -OCH3 is 2. The van der Waals surface area contributed by atoms with E-state index in [9.17, 15) is 4.79 Å². The van der Waals surface area contributed by atoms with Gasteiger partial charge in [0, 0.05) is 35.9 Å². The lowest BCUT2D eigenvalue weighted by atomic mass is 10.1. The van der Waals surface area contributed by atoms with E-state index in [0.29, 0.717) is 34.2 Å². The van der Waals surface area contributed by atoms with Gasteiger partial charge in [-0.05, 0) is 12.1 Å². The number of rotatable bonds is 5. The number of hydrogen-bond acceptors (Lipinski definition) is 5. The number of aromatic nitrogens is 3. The van der Waals surface area contributed by atoms with Crippen LogP contribution in [0.25, 0.3) is 16.9 Å². The molecule has 2 heterocycles. The fourth-order valence-electron chi connectivity index (χ4n) is 2.94. The summed E-state index contributed by atoms with van der Waals surface area (Å²) in [5.74, 6) is 0.799. The first kappa shape index (κ1) is 17.5. The van der Waals surface area contributed by atoms with E-state index in [1.807, 2.05) is 30.3 Å². The van der Waals surface area contributed by atoms with Gasteiger partial charge in [-0.3, -0.25) is 9.78 Å². The standard InChI is InChI=1S/C21H18N4O3/c1-27-17-9-8-15(12-18(17)28-2)23-21(26)16-13-25-11-10-22-19(20(25)24-16)14-6-4-3-5-7-14/h3-13H,1-2H3,(H,23,26). The molecule has 0 aliphatic rings. The van der Waals surface area contributed by atoms with Gasteiger partial charge in [0.2, 0.25) is 0 Å². The molecule has 4 aromatic rings. The van der Waals surface area contributed by atoms with Crippen molar-refractivity contribution in [2.45, 2.75) is 0 Å². The lowest BCUT2D eigenvalue weighted by Gasteiger charge is -2.09. The number of nitrogens with one attached hydrogen (secondary N) is 1. The molecule has 2 aromatic carbocycles. The molecule has 1 N–H and O–H groups in total. The normalized spacial score (nSPS) is 10.6. The second-order valence-electron chi connectivity index (χ2n) is 6.02. The summed E-state index contributed by atoms with van der Waals surface area (Å²) in [7, 11) is 3.11. The predicted octanol–water partition coefficient (Wildman–Crippen LogP) is 3.67. The zero-order valence-electron chi connectivity index (χ0n) is 15.4. The number of benzene rings is 2. The van der Waals surface area contributed by atoms with Crippen LogP contribution in [-0.2, 0) is 0 Å². The number of carbonyl (C=O) groups excluding carboxylic acids is 1. The maximum atomic E-state index is 12.7. The van der Waals surface area contributed by atoms with E-state index in [4.69, 9.17) is 9.47 Å². The van der Waals surface area contributed by atoms with Crippen LogP contribution in [0.1, 0.15) is 10.5 Å². The van der Waals surface area contributed by atoms with Gasteiger partial charge in [-0.2, -0.15) is 0 Å². The molecule has 7 heteroatoms. The molecular formula is C21H18N4O3. The molecule has 0 radical (unpaired) electrons. The van der Waals surface area contributed by atoms with Gasteiger partial charge in [0.05, 0.1) is 14.2 Å². The van der Waals surface area contributed by atoms with Crippen molar-refractivity contribution < 1.29 is 14.3 Å². The van der Waals surface area contributed by atoms with Crippen LogP contribution in [0, 0.1) is 0 Å². The molecule has 0 atom stereocenters. The van der Waals surface area contributed by atoms with Crippen LogP contribution < -0.4 is 14.8 Å². The van der Waals surface area contributed by atoms with Crippen LogP contribution in [0.15, 0.2) is 67.1 Å². The van der Waals surface area contributed by atoms with E-state index >= 15 is 0 Å². The van der Waals surface area contributed by atoms with Crippen molar-refractivity contribution >= 4 is 17.2 Å². The van der Waals surface area contributed by atoms with Gasteiger partial charge in [0.15, 0.2) is 17.1 Å². The SMILES string of the molecule is COc1ccc(NC(=O)c2cn3ccnc(-c4ccccc4)c3n2)cc1OC. The Kier molecular flexibility index (Phi) is 4.63. The molecule has 0 unspecified atom stereocenters. The molecule has 0 saturated heterocycles. The minimum Gasteiger partial charge on any atom is -0.493 e. The smallest absolute Gasteiger partial charge is 0.275 e. The highest BCUT2D eigenvalue weighted by molar-refractivity contribution is 6.03.